The van der Waals surface area contributed by atoms with E-state index in [1.165, 1.54) is 11.8 Å². The molecule has 78 valence electrons. The fourth-order valence-electron chi connectivity index (χ4n) is 1.61. The maximum Gasteiger partial charge on any atom is 0.153 e. The van der Waals surface area contributed by atoms with Gasteiger partial charge in [-0.15, -0.1) is 0 Å². The largest absolute Gasteiger partial charge is 0.464 e. The zero-order valence-corrected chi connectivity index (χ0v) is 9.20. The molecule has 1 aromatic heterocycles. The van der Waals surface area contributed by atoms with Crippen molar-refractivity contribution in [1.29, 1.82) is 0 Å². The van der Waals surface area contributed by atoms with Gasteiger partial charge in [-0.2, -0.15) is 0 Å². The fourth-order valence-corrected chi connectivity index (χ4v) is 1.61. The molecular formula is C13H14O2. The zero-order chi connectivity index (χ0) is 11.1. The summed E-state index contributed by atoms with van der Waals surface area (Å²) in [5.74, 6) is 0. The number of carbonyl (C=O) groups excluding carboxylic acids is 1. The van der Waals surface area contributed by atoms with Gasteiger partial charge in [0.15, 0.2) is 6.29 Å². The second-order valence-corrected chi connectivity index (χ2v) is 4.77. The van der Waals surface area contributed by atoms with E-state index in [0.717, 1.165) is 17.3 Å². The quantitative estimate of drug-likeness (QED) is 0.662. The van der Waals surface area contributed by atoms with E-state index < -0.39 is 0 Å². The van der Waals surface area contributed by atoms with Crippen LogP contribution in [0.3, 0.4) is 0 Å². The molecule has 2 rings (SSSR count). The van der Waals surface area contributed by atoms with Gasteiger partial charge in [-0.3, -0.25) is 4.79 Å². The van der Waals surface area contributed by atoms with E-state index in [-0.39, 0.29) is 5.41 Å². The third kappa shape index (κ3) is 1.67. The Labute approximate surface area is 88.9 Å². The lowest BCUT2D eigenvalue weighted by Gasteiger charge is -2.18. The van der Waals surface area contributed by atoms with Crippen molar-refractivity contribution in [2.45, 2.75) is 26.2 Å². The van der Waals surface area contributed by atoms with Gasteiger partial charge in [0, 0.05) is 5.39 Å². The Morgan fingerprint density at radius 3 is 2.60 bits per heavy atom. The molecule has 0 spiro atoms. The molecule has 0 radical (unpaired) electrons. The van der Waals surface area contributed by atoms with Gasteiger partial charge in [0.1, 0.15) is 11.8 Å². The zero-order valence-electron chi connectivity index (χ0n) is 9.20. The van der Waals surface area contributed by atoms with Crippen molar-refractivity contribution in [3.05, 3.63) is 35.6 Å². The maximum atomic E-state index is 10.8. The normalized spacial score (nSPS) is 11.9. The predicted molar refractivity (Wildman–Crippen MR) is 60.3 cm³/mol. The minimum atomic E-state index is 0.0889. The lowest BCUT2D eigenvalue weighted by Crippen LogP contribution is -2.10. The average Bonchev–Trinajstić information content (AvgIpc) is 2.57. The van der Waals surface area contributed by atoms with Crippen LogP contribution in [0.4, 0.5) is 0 Å². The summed E-state index contributed by atoms with van der Waals surface area (Å²) >= 11 is 0. The highest BCUT2D eigenvalue weighted by Crippen LogP contribution is 2.28. The summed E-state index contributed by atoms with van der Waals surface area (Å²) < 4.78 is 5.28. The molecule has 2 aromatic rings. The number of benzene rings is 1. The Morgan fingerprint density at radius 1 is 1.27 bits per heavy atom. The summed E-state index contributed by atoms with van der Waals surface area (Å²) in [6, 6.07) is 5.99. The molecule has 0 saturated heterocycles. The summed E-state index contributed by atoms with van der Waals surface area (Å²) in [5.41, 5.74) is 2.69. The van der Waals surface area contributed by atoms with Crippen LogP contribution in [0.25, 0.3) is 11.0 Å². The van der Waals surface area contributed by atoms with Gasteiger partial charge in [-0.05, 0) is 23.1 Å². The van der Waals surface area contributed by atoms with E-state index in [1.807, 2.05) is 18.2 Å². The summed E-state index contributed by atoms with van der Waals surface area (Å²) in [4.78, 5) is 10.8. The smallest absolute Gasteiger partial charge is 0.153 e. The molecule has 0 N–H and O–H groups in total. The number of hydrogen-bond donors (Lipinski definition) is 0. The third-order valence-corrected chi connectivity index (χ3v) is 2.60. The summed E-state index contributed by atoms with van der Waals surface area (Å²) in [6.45, 7) is 6.44. The SMILES string of the molecule is CC(C)(C)c1ccc2occ(C=O)c2c1. The Kier molecular flexibility index (Phi) is 2.14. The molecule has 0 bridgehead atoms. The molecule has 2 nitrogen and oxygen atoms in total. The van der Waals surface area contributed by atoms with Crippen LogP contribution in [0.15, 0.2) is 28.9 Å². The molecule has 0 aliphatic rings. The van der Waals surface area contributed by atoms with Gasteiger partial charge in [0.25, 0.3) is 0 Å². The topological polar surface area (TPSA) is 30.2 Å². The van der Waals surface area contributed by atoms with Crippen LogP contribution in [-0.4, -0.2) is 6.29 Å². The van der Waals surface area contributed by atoms with Crippen molar-refractivity contribution in [3.8, 4) is 0 Å². The van der Waals surface area contributed by atoms with E-state index in [1.54, 1.807) is 0 Å². The van der Waals surface area contributed by atoms with E-state index in [0.29, 0.717) is 5.56 Å². The van der Waals surface area contributed by atoms with Gasteiger partial charge >= 0.3 is 0 Å². The molecule has 1 heterocycles. The van der Waals surface area contributed by atoms with Crippen LogP contribution >= 0.6 is 0 Å². The molecule has 0 amide bonds. The average molecular weight is 202 g/mol. The third-order valence-electron chi connectivity index (χ3n) is 2.60. The van der Waals surface area contributed by atoms with Crippen molar-refractivity contribution in [2.24, 2.45) is 0 Å². The van der Waals surface area contributed by atoms with Gasteiger partial charge in [0.2, 0.25) is 0 Å². The molecule has 1 aromatic carbocycles. The molecule has 0 aliphatic heterocycles. The number of furan rings is 1. The molecule has 15 heavy (non-hydrogen) atoms. The Bertz CT molecular complexity index is 501. The van der Waals surface area contributed by atoms with Crippen LogP contribution in [0, 0.1) is 0 Å². The molecule has 0 fully saturated rings. The first-order chi connectivity index (χ1) is 7.02. The molecule has 0 unspecified atom stereocenters. The lowest BCUT2D eigenvalue weighted by atomic mass is 9.86. The van der Waals surface area contributed by atoms with Crippen LogP contribution in [0.5, 0.6) is 0 Å². The van der Waals surface area contributed by atoms with Crippen molar-refractivity contribution in [3.63, 3.8) is 0 Å². The molecular weight excluding hydrogens is 188 g/mol. The number of hydrogen-bond acceptors (Lipinski definition) is 2. The standard InChI is InChI=1S/C13H14O2/c1-13(2,3)10-4-5-12-11(6-10)9(7-14)8-15-12/h4-8H,1-3H3. The molecule has 0 aliphatic carbocycles. The second-order valence-electron chi connectivity index (χ2n) is 4.77. The van der Waals surface area contributed by atoms with Crippen molar-refractivity contribution < 1.29 is 9.21 Å². The van der Waals surface area contributed by atoms with E-state index >= 15 is 0 Å². The van der Waals surface area contributed by atoms with Gasteiger partial charge < -0.3 is 4.42 Å². The minimum absolute atomic E-state index is 0.0889. The van der Waals surface area contributed by atoms with Gasteiger partial charge in [-0.1, -0.05) is 26.8 Å². The Hall–Kier alpha value is -1.57. The number of aldehydes is 1. The van der Waals surface area contributed by atoms with Gasteiger partial charge in [0.05, 0.1) is 5.56 Å². The van der Waals surface area contributed by atoms with E-state index in [9.17, 15) is 4.79 Å². The predicted octanol–water partition coefficient (Wildman–Crippen LogP) is 3.54. The molecule has 0 atom stereocenters. The van der Waals surface area contributed by atoms with Gasteiger partial charge in [-0.25, -0.2) is 0 Å². The van der Waals surface area contributed by atoms with E-state index in [4.69, 9.17) is 4.42 Å². The monoisotopic (exact) mass is 202 g/mol. The molecule has 0 saturated carbocycles. The Balaban J connectivity index is 2.68. The highest BCUT2D eigenvalue weighted by atomic mass is 16.3. The summed E-state index contributed by atoms with van der Waals surface area (Å²) in [6.07, 6.45) is 2.34. The number of carbonyl (C=O) groups is 1. The lowest BCUT2D eigenvalue weighted by molar-refractivity contribution is 0.112. The minimum Gasteiger partial charge on any atom is -0.464 e. The van der Waals surface area contributed by atoms with Crippen molar-refractivity contribution in [2.75, 3.05) is 0 Å². The highest BCUT2D eigenvalue weighted by molar-refractivity contribution is 5.96. The van der Waals surface area contributed by atoms with E-state index in [2.05, 4.69) is 20.8 Å². The fraction of sp³-hybridized carbons (Fsp3) is 0.308. The Morgan fingerprint density at radius 2 is 2.00 bits per heavy atom. The first-order valence-corrected chi connectivity index (χ1v) is 4.99. The summed E-state index contributed by atoms with van der Waals surface area (Å²) in [7, 11) is 0. The number of rotatable bonds is 1. The number of fused-ring (bicyclic) bond motifs is 1. The van der Waals surface area contributed by atoms with Crippen molar-refractivity contribution >= 4 is 17.3 Å². The first kappa shape index (κ1) is 9.97. The second kappa shape index (κ2) is 3.23. The van der Waals surface area contributed by atoms with Crippen LogP contribution in [0.1, 0.15) is 36.7 Å². The van der Waals surface area contributed by atoms with Crippen LogP contribution < -0.4 is 0 Å². The van der Waals surface area contributed by atoms with Crippen LogP contribution in [-0.2, 0) is 5.41 Å². The highest BCUT2D eigenvalue weighted by Gasteiger charge is 2.15. The first-order valence-electron chi connectivity index (χ1n) is 4.99. The van der Waals surface area contributed by atoms with Crippen molar-refractivity contribution in [1.82, 2.24) is 0 Å². The maximum absolute atomic E-state index is 10.8. The molecule has 2 heteroatoms. The summed E-state index contributed by atoms with van der Waals surface area (Å²) in [5, 5.41) is 0.900. The van der Waals surface area contributed by atoms with Crippen LogP contribution in [0.2, 0.25) is 0 Å².